The van der Waals surface area contributed by atoms with Gasteiger partial charge in [0.15, 0.2) is 0 Å². The third-order valence-electron chi connectivity index (χ3n) is 3.38. The van der Waals surface area contributed by atoms with Crippen LogP contribution in [0.4, 0.5) is 9.18 Å². The van der Waals surface area contributed by atoms with Gasteiger partial charge in [-0.1, -0.05) is 6.07 Å². The number of alkyl carbamates (subject to hydrolysis) is 1. The number of carbonyl (C=O) groups is 1. The Morgan fingerprint density at radius 1 is 1.50 bits per heavy atom. The molecule has 0 radical (unpaired) electrons. The molecule has 1 aromatic rings. The molecule has 1 aliphatic heterocycles. The van der Waals surface area contributed by atoms with Crippen LogP contribution >= 0.6 is 22.6 Å². The third kappa shape index (κ3) is 5.39. The Balaban J connectivity index is 1.82. The van der Waals surface area contributed by atoms with Crippen LogP contribution in [0.1, 0.15) is 32.8 Å². The summed E-state index contributed by atoms with van der Waals surface area (Å²) in [6, 6.07) is 5.29. The maximum atomic E-state index is 13.3. The number of ether oxygens (including phenoxy) is 1. The van der Waals surface area contributed by atoms with Gasteiger partial charge in [0.05, 0.1) is 0 Å². The van der Waals surface area contributed by atoms with Gasteiger partial charge < -0.3 is 10.1 Å². The molecule has 0 saturated carbocycles. The molecule has 1 N–H and O–H groups in total. The predicted molar refractivity (Wildman–Crippen MR) is 92.2 cm³/mol. The molecule has 6 heteroatoms. The lowest BCUT2D eigenvalue weighted by Crippen LogP contribution is -2.40. The van der Waals surface area contributed by atoms with E-state index in [0.29, 0.717) is 3.57 Å². The van der Waals surface area contributed by atoms with Gasteiger partial charge in [-0.15, -0.1) is 0 Å². The molecule has 1 fully saturated rings. The molecule has 4 nitrogen and oxygen atoms in total. The smallest absolute Gasteiger partial charge is 0.407 e. The summed E-state index contributed by atoms with van der Waals surface area (Å²) in [7, 11) is 0. The lowest BCUT2D eigenvalue weighted by molar-refractivity contribution is 0.0506. The van der Waals surface area contributed by atoms with Crippen molar-refractivity contribution in [1.82, 2.24) is 10.2 Å². The molecule has 1 atom stereocenters. The Morgan fingerprint density at radius 2 is 2.23 bits per heavy atom. The largest absolute Gasteiger partial charge is 0.444 e. The SMILES string of the molecule is CC(C)(C)OC(=O)NC1CCN(Cc2ccc(F)c(I)c2)C1. The number of amides is 1. The maximum Gasteiger partial charge on any atom is 0.407 e. The molecule has 1 unspecified atom stereocenters. The van der Waals surface area contributed by atoms with Crippen molar-refractivity contribution in [2.24, 2.45) is 0 Å². The highest BCUT2D eigenvalue weighted by atomic mass is 127. The number of benzene rings is 1. The summed E-state index contributed by atoms with van der Waals surface area (Å²) in [5.41, 5.74) is 0.608. The lowest BCUT2D eigenvalue weighted by atomic mass is 10.2. The molecule has 1 amide bonds. The van der Waals surface area contributed by atoms with E-state index in [0.717, 1.165) is 31.6 Å². The van der Waals surface area contributed by atoms with Gasteiger partial charge in [-0.2, -0.15) is 0 Å². The molecule has 1 heterocycles. The van der Waals surface area contributed by atoms with E-state index >= 15 is 0 Å². The maximum absolute atomic E-state index is 13.3. The quantitative estimate of drug-likeness (QED) is 0.761. The monoisotopic (exact) mass is 420 g/mol. The van der Waals surface area contributed by atoms with Gasteiger partial charge in [0.1, 0.15) is 11.4 Å². The van der Waals surface area contributed by atoms with Crippen LogP contribution in [-0.4, -0.2) is 35.7 Å². The molecule has 22 heavy (non-hydrogen) atoms. The highest BCUT2D eigenvalue weighted by Crippen LogP contribution is 2.18. The van der Waals surface area contributed by atoms with Crippen molar-refractivity contribution >= 4 is 28.7 Å². The molecule has 1 saturated heterocycles. The van der Waals surface area contributed by atoms with Crippen LogP contribution in [-0.2, 0) is 11.3 Å². The van der Waals surface area contributed by atoms with Crippen molar-refractivity contribution in [2.75, 3.05) is 13.1 Å². The number of hydrogen-bond donors (Lipinski definition) is 1. The van der Waals surface area contributed by atoms with Gasteiger partial charge in [0.25, 0.3) is 0 Å². The van der Waals surface area contributed by atoms with Gasteiger partial charge in [-0.05, 0) is 67.5 Å². The average molecular weight is 420 g/mol. The zero-order valence-electron chi connectivity index (χ0n) is 13.2. The summed E-state index contributed by atoms with van der Waals surface area (Å²) in [6.07, 6.45) is 0.535. The van der Waals surface area contributed by atoms with Gasteiger partial charge in [-0.25, -0.2) is 9.18 Å². The van der Waals surface area contributed by atoms with Gasteiger partial charge in [0.2, 0.25) is 0 Å². The predicted octanol–water partition coefficient (Wildman–Crippen LogP) is 3.53. The van der Waals surface area contributed by atoms with E-state index in [9.17, 15) is 9.18 Å². The summed E-state index contributed by atoms with van der Waals surface area (Å²) in [5, 5.41) is 2.91. The lowest BCUT2D eigenvalue weighted by Gasteiger charge is -2.22. The standard InChI is InChI=1S/C16H22FIN2O2/c1-16(2,3)22-15(21)19-12-6-7-20(10-12)9-11-4-5-13(17)14(18)8-11/h4-5,8,12H,6-7,9-10H2,1-3H3,(H,19,21). The summed E-state index contributed by atoms with van der Waals surface area (Å²) >= 11 is 2.00. The first kappa shape index (κ1) is 17.5. The Morgan fingerprint density at radius 3 is 2.86 bits per heavy atom. The normalized spacial score (nSPS) is 19.2. The average Bonchev–Trinajstić information content (AvgIpc) is 2.78. The van der Waals surface area contributed by atoms with Crippen LogP contribution in [0.15, 0.2) is 18.2 Å². The number of nitrogens with zero attached hydrogens (tertiary/aromatic N) is 1. The summed E-state index contributed by atoms with van der Waals surface area (Å²) in [5.74, 6) is -0.185. The van der Waals surface area contributed by atoms with Gasteiger partial charge >= 0.3 is 6.09 Å². The fourth-order valence-corrected chi connectivity index (χ4v) is 3.04. The minimum atomic E-state index is -0.479. The number of likely N-dealkylation sites (tertiary alicyclic amines) is 1. The summed E-state index contributed by atoms with van der Waals surface area (Å²) < 4.78 is 19.2. The van der Waals surface area contributed by atoms with E-state index in [4.69, 9.17) is 4.74 Å². The molecule has 122 valence electrons. The molecule has 2 rings (SSSR count). The second-order valence-corrected chi connectivity index (χ2v) is 7.78. The zero-order chi connectivity index (χ0) is 16.3. The Kier molecular flexibility index (Phi) is 5.65. The van der Waals surface area contributed by atoms with E-state index < -0.39 is 5.60 Å². The minimum absolute atomic E-state index is 0.106. The topological polar surface area (TPSA) is 41.6 Å². The van der Waals surface area contributed by atoms with E-state index in [-0.39, 0.29) is 18.0 Å². The molecule has 0 aliphatic carbocycles. The van der Waals surface area contributed by atoms with E-state index in [2.05, 4.69) is 10.2 Å². The van der Waals surface area contributed by atoms with E-state index in [1.165, 1.54) is 6.07 Å². The van der Waals surface area contributed by atoms with Crippen molar-refractivity contribution in [1.29, 1.82) is 0 Å². The van der Waals surface area contributed by atoms with Crippen molar-refractivity contribution in [3.63, 3.8) is 0 Å². The second-order valence-electron chi connectivity index (χ2n) is 6.62. The van der Waals surface area contributed by atoms with Crippen LogP contribution in [0, 0.1) is 9.39 Å². The number of rotatable bonds is 3. The van der Waals surface area contributed by atoms with Crippen LogP contribution in [0.5, 0.6) is 0 Å². The fourth-order valence-electron chi connectivity index (χ4n) is 2.46. The summed E-state index contributed by atoms with van der Waals surface area (Å²) in [6.45, 7) is 8.02. The molecule has 1 aromatic carbocycles. The second kappa shape index (κ2) is 7.12. The molecule has 0 aromatic heterocycles. The number of hydrogen-bond acceptors (Lipinski definition) is 3. The highest BCUT2D eigenvalue weighted by Gasteiger charge is 2.26. The zero-order valence-corrected chi connectivity index (χ0v) is 15.3. The van der Waals surface area contributed by atoms with Gasteiger partial charge in [0, 0.05) is 29.2 Å². The van der Waals surface area contributed by atoms with E-state index in [1.807, 2.05) is 55.5 Å². The van der Waals surface area contributed by atoms with Crippen molar-refractivity contribution < 1.29 is 13.9 Å². The number of nitrogens with one attached hydrogen (secondary N) is 1. The van der Waals surface area contributed by atoms with E-state index in [1.54, 1.807) is 0 Å². The minimum Gasteiger partial charge on any atom is -0.444 e. The summed E-state index contributed by atoms with van der Waals surface area (Å²) in [4.78, 5) is 14.0. The molecule has 1 aliphatic rings. The first-order valence-electron chi connectivity index (χ1n) is 7.39. The molecule has 0 spiro atoms. The van der Waals surface area contributed by atoms with Crippen molar-refractivity contribution in [3.8, 4) is 0 Å². The molecular weight excluding hydrogens is 398 g/mol. The van der Waals surface area contributed by atoms with Crippen LogP contribution < -0.4 is 5.32 Å². The van der Waals surface area contributed by atoms with Crippen LogP contribution in [0.3, 0.4) is 0 Å². The highest BCUT2D eigenvalue weighted by molar-refractivity contribution is 14.1. The van der Waals surface area contributed by atoms with Crippen LogP contribution in [0.25, 0.3) is 0 Å². The molecule has 0 bridgehead atoms. The Bertz CT molecular complexity index is 545. The third-order valence-corrected chi connectivity index (χ3v) is 4.21. The Labute approximate surface area is 144 Å². The Hall–Kier alpha value is -0.890. The first-order valence-corrected chi connectivity index (χ1v) is 8.46. The first-order chi connectivity index (χ1) is 10.2. The molecular formula is C16H22FIN2O2. The van der Waals surface area contributed by atoms with Gasteiger partial charge in [-0.3, -0.25) is 4.90 Å². The van der Waals surface area contributed by atoms with Crippen molar-refractivity contribution in [3.05, 3.63) is 33.1 Å². The number of carbonyl (C=O) groups excluding carboxylic acids is 1. The van der Waals surface area contributed by atoms with Crippen molar-refractivity contribution in [2.45, 2.75) is 45.4 Å². The fraction of sp³-hybridized carbons (Fsp3) is 0.562. The van der Waals surface area contributed by atoms with Crippen LogP contribution in [0.2, 0.25) is 0 Å². The number of halogens is 2.